The van der Waals surface area contributed by atoms with Gasteiger partial charge in [-0.05, 0) is 36.8 Å². The molecule has 0 saturated heterocycles. The molecule has 1 aromatic carbocycles. The SMILES string of the molecule is Cc1nc(-c2ccc(NCC3CCCC(C)C3)cc2)co1. The van der Waals surface area contributed by atoms with Crippen LogP contribution in [0.2, 0.25) is 0 Å². The lowest BCUT2D eigenvalue weighted by Gasteiger charge is -2.27. The number of nitrogens with one attached hydrogen (secondary N) is 1. The molecule has 0 bridgehead atoms. The lowest BCUT2D eigenvalue weighted by molar-refractivity contribution is 0.293. The topological polar surface area (TPSA) is 38.1 Å². The minimum atomic E-state index is 0.707. The maximum Gasteiger partial charge on any atom is 0.191 e. The fraction of sp³-hybridized carbons (Fsp3) is 0.500. The number of nitrogens with zero attached hydrogens (tertiary/aromatic N) is 1. The molecule has 1 aromatic heterocycles. The van der Waals surface area contributed by atoms with Crippen molar-refractivity contribution in [1.82, 2.24) is 4.98 Å². The zero-order valence-electron chi connectivity index (χ0n) is 12.9. The maximum atomic E-state index is 5.26. The Morgan fingerprint density at radius 2 is 2.05 bits per heavy atom. The molecule has 2 unspecified atom stereocenters. The number of anilines is 1. The van der Waals surface area contributed by atoms with Gasteiger partial charge < -0.3 is 9.73 Å². The van der Waals surface area contributed by atoms with Gasteiger partial charge in [0.25, 0.3) is 0 Å². The van der Waals surface area contributed by atoms with Crippen molar-refractivity contribution in [3.05, 3.63) is 36.4 Å². The summed E-state index contributed by atoms with van der Waals surface area (Å²) < 4.78 is 5.26. The highest BCUT2D eigenvalue weighted by atomic mass is 16.3. The van der Waals surface area contributed by atoms with Crippen LogP contribution in [0.15, 0.2) is 34.9 Å². The van der Waals surface area contributed by atoms with E-state index in [2.05, 4.69) is 41.5 Å². The molecule has 1 fully saturated rings. The van der Waals surface area contributed by atoms with Gasteiger partial charge in [0.2, 0.25) is 0 Å². The fourth-order valence-corrected chi connectivity index (χ4v) is 3.26. The van der Waals surface area contributed by atoms with Gasteiger partial charge in [0.1, 0.15) is 12.0 Å². The first-order valence-electron chi connectivity index (χ1n) is 7.97. The molecule has 0 spiro atoms. The molecule has 3 heteroatoms. The number of oxazole rings is 1. The van der Waals surface area contributed by atoms with Gasteiger partial charge in [-0.1, -0.05) is 31.9 Å². The number of aromatic nitrogens is 1. The van der Waals surface area contributed by atoms with E-state index in [9.17, 15) is 0 Å². The van der Waals surface area contributed by atoms with E-state index in [1.165, 1.54) is 31.4 Å². The van der Waals surface area contributed by atoms with Gasteiger partial charge >= 0.3 is 0 Å². The predicted molar refractivity (Wildman–Crippen MR) is 86.3 cm³/mol. The summed E-state index contributed by atoms with van der Waals surface area (Å²) in [6.07, 6.45) is 7.23. The third-order valence-corrected chi connectivity index (χ3v) is 4.44. The van der Waals surface area contributed by atoms with Crippen LogP contribution in [0, 0.1) is 18.8 Å². The van der Waals surface area contributed by atoms with E-state index in [4.69, 9.17) is 4.42 Å². The Kier molecular flexibility index (Phi) is 4.28. The average Bonchev–Trinajstić information content (AvgIpc) is 2.92. The molecule has 1 heterocycles. The van der Waals surface area contributed by atoms with Crippen LogP contribution in [0.5, 0.6) is 0 Å². The molecule has 1 aliphatic rings. The number of benzene rings is 1. The quantitative estimate of drug-likeness (QED) is 0.868. The van der Waals surface area contributed by atoms with Gasteiger partial charge in [-0.15, -0.1) is 0 Å². The molecule has 21 heavy (non-hydrogen) atoms. The van der Waals surface area contributed by atoms with Crippen LogP contribution in [0.3, 0.4) is 0 Å². The Bertz CT molecular complexity index is 573. The minimum absolute atomic E-state index is 0.707. The molecule has 112 valence electrons. The second-order valence-electron chi connectivity index (χ2n) is 6.35. The summed E-state index contributed by atoms with van der Waals surface area (Å²) >= 11 is 0. The molecule has 0 amide bonds. The second-order valence-corrected chi connectivity index (χ2v) is 6.35. The standard InChI is InChI=1S/C18H24N2O/c1-13-4-3-5-15(10-13)11-19-17-8-6-16(7-9-17)18-12-21-14(2)20-18/h6-9,12-13,15,19H,3-5,10-11H2,1-2H3. The van der Waals surface area contributed by atoms with Gasteiger partial charge in [0.15, 0.2) is 5.89 Å². The van der Waals surface area contributed by atoms with E-state index >= 15 is 0 Å². The van der Waals surface area contributed by atoms with Gasteiger partial charge in [0, 0.05) is 24.7 Å². The maximum absolute atomic E-state index is 5.26. The Morgan fingerprint density at radius 1 is 1.24 bits per heavy atom. The molecule has 0 radical (unpaired) electrons. The third kappa shape index (κ3) is 3.66. The minimum Gasteiger partial charge on any atom is -0.449 e. The highest BCUT2D eigenvalue weighted by Crippen LogP contribution is 2.29. The summed E-state index contributed by atoms with van der Waals surface area (Å²) in [6, 6.07) is 8.46. The highest BCUT2D eigenvalue weighted by Gasteiger charge is 2.18. The summed E-state index contributed by atoms with van der Waals surface area (Å²) in [6.45, 7) is 5.33. The molecule has 1 aliphatic carbocycles. The van der Waals surface area contributed by atoms with Crippen LogP contribution in [-0.4, -0.2) is 11.5 Å². The largest absolute Gasteiger partial charge is 0.449 e. The van der Waals surface area contributed by atoms with Crippen molar-refractivity contribution in [2.24, 2.45) is 11.8 Å². The zero-order chi connectivity index (χ0) is 14.7. The van der Waals surface area contributed by atoms with E-state index in [0.717, 1.165) is 29.6 Å². The molecule has 3 rings (SSSR count). The van der Waals surface area contributed by atoms with Crippen molar-refractivity contribution in [3.63, 3.8) is 0 Å². The monoisotopic (exact) mass is 284 g/mol. The van der Waals surface area contributed by atoms with E-state index in [0.29, 0.717) is 5.89 Å². The number of aryl methyl sites for hydroxylation is 1. The molecule has 2 atom stereocenters. The van der Waals surface area contributed by atoms with Crippen LogP contribution < -0.4 is 5.32 Å². The highest BCUT2D eigenvalue weighted by molar-refractivity contribution is 5.61. The van der Waals surface area contributed by atoms with E-state index < -0.39 is 0 Å². The van der Waals surface area contributed by atoms with E-state index in [1.54, 1.807) is 6.26 Å². The zero-order valence-corrected chi connectivity index (χ0v) is 12.9. The average molecular weight is 284 g/mol. The molecule has 0 aliphatic heterocycles. The van der Waals surface area contributed by atoms with Gasteiger partial charge in [-0.2, -0.15) is 0 Å². The summed E-state index contributed by atoms with van der Waals surface area (Å²) in [5, 5.41) is 3.57. The molecule has 2 aromatic rings. The van der Waals surface area contributed by atoms with Crippen LogP contribution in [0.1, 0.15) is 38.5 Å². The predicted octanol–water partition coefficient (Wildman–Crippen LogP) is 4.89. The second kappa shape index (κ2) is 6.33. The van der Waals surface area contributed by atoms with Crippen molar-refractivity contribution < 1.29 is 4.42 Å². The van der Waals surface area contributed by atoms with Crippen LogP contribution in [0.25, 0.3) is 11.3 Å². The third-order valence-electron chi connectivity index (χ3n) is 4.44. The van der Waals surface area contributed by atoms with Gasteiger partial charge in [0.05, 0.1) is 0 Å². The smallest absolute Gasteiger partial charge is 0.191 e. The normalized spacial score (nSPS) is 22.2. The summed E-state index contributed by atoms with van der Waals surface area (Å²) in [5.74, 6) is 2.42. The van der Waals surface area contributed by atoms with Gasteiger partial charge in [-0.25, -0.2) is 4.98 Å². The first-order chi connectivity index (χ1) is 10.2. The first kappa shape index (κ1) is 14.2. The van der Waals surface area contributed by atoms with E-state index in [-0.39, 0.29) is 0 Å². The number of rotatable bonds is 4. The molecular weight excluding hydrogens is 260 g/mol. The Labute approximate surface area is 126 Å². The molecule has 3 nitrogen and oxygen atoms in total. The van der Waals surface area contributed by atoms with Crippen molar-refractivity contribution in [3.8, 4) is 11.3 Å². The van der Waals surface area contributed by atoms with Crippen molar-refractivity contribution >= 4 is 5.69 Å². The Hall–Kier alpha value is -1.77. The lowest BCUT2D eigenvalue weighted by atomic mass is 9.82. The van der Waals surface area contributed by atoms with Crippen LogP contribution in [0.4, 0.5) is 5.69 Å². The molecule has 1 N–H and O–H groups in total. The molecule has 1 saturated carbocycles. The van der Waals surface area contributed by atoms with Gasteiger partial charge in [-0.3, -0.25) is 0 Å². The summed E-state index contributed by atoms with van der Waals surface area (Å²) in [5.41, 5.74) is 3.20. The van der Waals surface area contributed by atoms with Crippen LogP contribution >= 0.6 is 0 Å². The number of hydrogen-bond donors (Lipinski definition) is 1. The van der Waals surface area contributed by atoms with E-state index in [1.807, 2.05) is 6.92 Å². The number of hydrogen-bond acceptors (Lipinski definition) is 3. The summed E-state index contributed by atoms with van der Waals surface area (Å²) in [4.78, 5) is 4.35. The Morgan fingerprint density at radius 3 is 2.71 bits per heavy atom. The van der Waals surface area contributed by atoms with Crippen molar-refractivity contribution in [1.29, 1.82) is 0 Å². The Balaban J connectivity index is 1.57. The summed E-state index contributed by atoms with van der Waals surface area (Å²) in [7, 11) is 0. The molecular formula is C18H24N2O. The fourth-order valence-electron chi connectivity index (χ4n) is 3.26. The first-order valence-corrected chi connectivity index (χ1v) is 7.97. The van der Waals surface area contributed by atoms with Crippen molar-refractivity contribution in [2.75, 3.05) is 11.9 Å². The van der Waals surface area contributed by atoms with Crippen LogP contribution in [-0.2, 0) is 0 Å². The van der Waals surface area contributed by atoms with Crippen molar-refractivity contribution in [2.45, 2.75) is 39.5 Å². The lowest BCUT2D eigenvalue weighted by Crippen LogP contribution is -2.20.